The van der Waals surface area contributed by atoms with Crippen LogP contribution in [0.4, 0.5) is 18.9 Å². The fourth-order valence-corrected chi connectivity index (χ4v) is 2.85. The maximum atomic E-state index is 12.8. The van der Waals surface area contributed by atoms with E-state index in [1.165, 1.54) is 40.4 Å². The summed E-state index contributed by atoms with van der Waals surface area (Å²) in [4.78, 5) is 24.4. The first-order valence-corrected chi connectivity index (χ1v) is 9.55. The number of methoxy groups -OCH3 is 3. The molecule has 2 rings (SSSR count). The maximum Gasteiger partial charge on any atom is 0.416 e. The van der Waals surface area contributed by atoms with Gasteiger partial charge in [-0.1, -0.05) is 6.07 Å². The Labute approximate surface area is 183 Å². The number of nitrogens with one attached hydrogen (secondary N) is 1. The molecule has 0 aliphatic rings. The van der Waals surface area contributed by atoms with E-state index in [0.29, 0.717) is 17.2 Å². The lowest BCUT2D eigenvalue weighted by Gasteiger charge is -2.15. The van der Waals surface area contributed by atoms with Crippen LogP contribution in [0.5, 0.6) is 17.2 Å². The average molecular weight is 455 g/mol. The van der Waals surface area contributed by atoms with Crippen LogP contribution in [0.3, 0.4) is 0 Å². The van der Waals surface area contributed by atoms with Crippen molar-refractivity contribution in [2.24, 2.45) is 0 Å². The van der Waals surface area contributed by atoms with Crippen LogP contribution in [0.15, 0.2) is 36.4 Å². The lowest BCUT2D eigenvalue weighted by molar-refractivity contribution is -0.153. The zero-order valence-corrected chi connectivity index (χ0v) is 18.0. The molecule has 0 fully saturated rings. The molecule has 1 N–H and O–H groups in total. The number of aryl methyl sites for hydroxylation is 1. The second-order valence-electron chi connectivity index (χ2n) is 6.73. The van der Waals surface area contributed by atoms with Gasteiger partial charge in [0.05, 0.1) is 26.9 Å². The van der Waals surface area contributed by atoms with Gasteiger partial charge in [-0.05, 0) is 49.2 Å². The maximum absolute atomic E-state index is 12.8. The molecule has 174 valence electrons. The van der Waals surface area contributed by atoms with Crippen LogP contribution < -0.4 is 19.5 Å². The lowest BCUT2D eigenvalue weighted by atomic mass is 10.1. The van der Waals surface area contributed by atoms with Crippen molar-refractivity contribution in [1.29, 1.82) is 0 Å². The van der Waals surface area contributed by atoms with E-state index in [0.717, 1.165) is 17.7 Å². The summed E-state index contributed by atoms with van der Waals surface area (Å²) in [7, 11) is 4.42. The number of anilines is 1. The number of esters is 1. The van der Waals surface area contributed by atoms with Gasteiger partial charge in [-0.2, -0.15) is 13.2 Å². The minimum absolute atomic E-state index is 0.0418. The standard InChI is InChI=1S/C22H24F3NO6/c1-13(21(28)26-16-7-5-6-15(12-16)22(23,24)25)32-19(27)9-8-14-10-17(29-2)20(31-4)18(11-14)30-3/h5-7,10-13H,8-9H2,1-4H3,(H,26,28). The van der Waals surface area contributed by atoms with Gasteiger partial charge in [-0.25, -0.2) is 0 Å². The normalized spacial score (nSPS) is 12.0. The third-order valence-electron chi connectivity index (χ3n) is 4.48. The van der Waals surface area contributed by atoms with E-state index in [1.807, 2.05) is 0 Å². The molecule has 32 heavy (non-hydrogen) atoms. The monoisotopic (exact) mass is 455 g/mol. The van der Waals surface area contributed by atoms with E-state index < -0.39 is 29.7 Å². The quantitative estimate of drug-likeness (QED) is 0.570. The molecule has 0 aliphatic heterocycles. The molecule has 0 bridgehead atoms. The molecule has 7 nitrogen and oxygen atoms in total. The molecule has 0 aliphatic carbocycles. The molecule has 10 heteroatoms. The molecule has 0 aromatic heterocycles. The Morgan fingerprint density at radius 1 is 1.00 bits per heavy atom. The summed E-state index contributed by atoms with van der Waals surface area (Å²) >= 11 is 0. The van der Waals surface area contributed by atoms with Crippen molar-refractivity contribution in [2.75, 3.05) is 26.6 Å². The topological polar surface area (TPSA) is 83.1 Å². The molecule has 0 heterocycles. The van der Waals surface area contributed by atoms with E-state index >= 15 is 0 Å². The number of carbonyl (C=O) groups is 2. The van der Waals surface area contributed by atoms with Gasteiger partial charge in [0, 0.05) is 12.1 Å². The van der Waals surface area contributed by atoms with Gasteiger partial charge in [-0.15, -0.1) is 0 Å². The number of carbonyl (C=O) groups excluding carboxylic acids is 2. The summed E-state index contributed by atoms with van der Waals surface area (Å²) in [5.41, 5.74) is -0.229. The number of amides is 1. The van der Waals surface area contributed by atoms with Crippen molar-refractivity contribution < 1.29 is 41.7 Å². The van der Waals surface area contributed by atoms with Crippen LogP contribution in [-0.4, -0.2) is 39.3 Å². The van der Waals surface area contributed by atoms with Crippen molar-refractivity contribution in [3.63, 3.8) is 0 Å². The molecule has 0 saturated heterocycles. The van der Waals surface area contributed by atoms with E-state index in [1.54, 1.807) is 12.1 Å². The van der Waals surface area contributed by atoms with E-state index in [2.05, 4.69) is 5.32 Å². The molecule has 1 amide bonds. The first kappa shape index (κ1) is 24.8. The van der Waals surface area contributed by atoms with Crippen LogP contribution in [0, 0.1) is 0 Å². The third kappa shape index (κ3) is 6.53. The SMILES string of the molecule is COc1cc(CCC(=O)OC(C)C(=O)Nc2cccc(C(F)(F)F)c2)cc(OC)c1OC. The van der Waals surface area contributed by atoms with Crippen molar-refractivity contribution in [2.45, 2.75) is 32.0 Å². The number of rotatable bonds is 9. The van der Waals surface area contributed by atoms with Gasteiger partial charge in [0.15, 0.2) is 17.6 Å². The number of benzene rings is 2. The number of hydrogen-bond donors (Lipinski definition) is 1. The van der Waals surface area contributed by atoms with E-state index in [9.17, 15) is 22.8 Å². The van der Waals surface area contributed by atoms with Crippen LogP contribution in [-0.2, 0) is 26.9 Å². The van der Waals surface area contributed by atoms with Crippen molar-refractivity contribution in [1.82, 2.24) is 0 Å². The van der Waals surface area contributed by atoms with Crippen LogP contribution in [0.1, 0.15) is 24.5 Å². The number of ether oxygens (including phenoxy) is 4. The number of halogens is 3. The second kappa shape index (κ2) is 10.7. The Hall–Kier alpha value is -3.43. The van der Waals surface area contributed by atoms with Crippen LogP contribution in [0.25, 0.3) is 0 Å². The predicted molar refractivity (Wildman–Crippen MR) is 110 cm³/mol. The summed E-state index contributed by atoms with van der Waals surface area (Å²) in [5.74, 6) is -0.106. The highest BCUT2D eigenvalue weighted by Gasteiger charge is 2.30. The Kier molecular flexibility index (Phi) is 8.34. The van der Waals surface area contributed by atoms with Gasteiger partial charge < -0.3 is 24.3 Å². The smallest absolute Gasteiger partial charge is 0.416 e. The van der Waals surface area contributed by atoms with Crippen molar-refractivity contribution in [3.05, 3.63) is 47.5 Å². The zero-order chi connectivity index (χ0) is 23.9. The fourth-order valence-electron chi connectivity index (χ4n) is 2.85. The molecule has 1 unspecified atom stereocenters. The zero-order valence-electron chi connectivity index (χ0n) is 18.0. The third-order valence-corrected chi connectivity index (χ3v) is 4.48. The minimum atomic E-state index is -4.54. The Morgan fingerprint density at radius 3 is 2.16 bits per heavy atom. The number of alkyl halides is 3. The Morgan fingerprint density at radius 2 is 1.62 bits per heavy atom. The van der Waals surface area contributed by atoms with Crippen molar-refractivity contribution >= 4 is 17.6 Å². The predicted octanol–water partition coefficient (Wildman–Crippen LogP) is 4.23. The van der Waals surface area contributed by atoms with Gasteiger partial charge in [0.1, 0.15) is 0 Å². The summed E-state index contributed by atoms with van der Waals surface area (Å²) < 4.78 is 59.3. The molecular weight excluding hydrogens is 431 g/mol. The number of hydrogen-bond acceptors (Lipinski definition) is 6. The molecule has 0 spiro atoms. The average Bonchev–Trinajstić information content (AvgIpc) is 2.76. The highest BCUT2D eigenvalue weighted by atomic mass is 19.4. The summed E-state index contributed by atoms with van der Waals surface area (Å²) in [6.07, 6.45) is -5.50. The van der Waals surface area contributed by atoms with Gasteiger partial charge in [0.2, 0.25) is 5.75 Å². The van der Waals surface area contributed by atoms with Gasteiger partial charge >= 0.3 is 12.1 Å². The fraction of sp³-hybridized carbons (Fsp3) is 0.364. The Bertz CT molecular complexity index is 936. The highest BCUT2D eigenvalue weighted by Crippen LogP contribution is 2.38. The van der Waals surface area contributed by atoms with Gasteiger partial charge in [-0.3, -0.25) is 9.59 Å². The first-order valence-electron chi connectivity index (χ1n) is 9.55. The first-order chi connectivity index (χ1) is 15.1. The van der Waals surface area contributed by atoms with Crippen LogP contribution in [0.2, 0.25) is 0 Å². The largest absolute Gasteiger partial charge is 0.493 e. The summed E-state index contributed by atoms with van der Waals surface area (Å²) in [6.45, 7) is 1.33. The summed E-state index contributed by atoms with van der Waals surface area (Å²) in [6, 6.07) is 7.56. The molecule has 2 aromatic rings. The van der Waals surface area contributed by atoms with Crippen LogP contribution >= 0.6 is 0 Å². The molecule has 1 atom stereocenters. The van der Waals surface area contributed by atoms with Crippen molar-refractivity contribution in [3.8, 4) is 17.2 Å². The molecule has 2 aromatic carbocycles. The van der Waals surface area contributed by atoms with E-state index in [4.69, 9.17) is 18.9 Å². The molecule has 0 saturated carbocycles. The minimum Gasteiger partial charge on any atom is -0.493 e. The van der Waals surface area contributed by atoms with Gasteiger partial charge in [0.25, 0.3) is 5.91 Å². The molecule has 0 radical (unpaired) electrons. The second-order valence-corrected chi connectivity index (χ2v) is 6.73. The molecular formula is C22H24F3NO6. The summed E-state index contributed by atoms with van der Waals surface area (Å²) in [5, 5.41) is 2.31. The van der Waals surface area contributed by atoms with E-state index in [-0.39, 0.29) is 18.5 Å². The lowest BCUT2D eigenvalue weighted by Crippen LogP contribution is -2.30. The highest BCUT2D eigenvalue weighted by molar-refractivity contribution is 5.95. The Balaban J connectivity index is 1.95.